The van der Waals surface area contributed by atoms with Crippen molar-refractivity contribution < 1.29 is 28.7 Å². The number of urea groups is 1. The van der Waals surface area contributed by atoms with Crippen molar-refractivity contribution in [3.05, 3.63) is 64.7 Å². The van der Waals surface area contributed by atoms with Crippen molar-refractivity contribution >= 4 is 29.5 Å². The van der Waals surface area contributed by atoms with Gasteiger partial charge in [0, 0.05) is 49.5 Å². The summed E-state index contributed by atoms with van der Waals surface area (Å²) in [6.45, 7) is 8.34. The molecular weight excluding hydrogens is 620 g/mol. The molecule has 3 heterocycles. The number of benzene rings is 2. The van der Waals surface area contributed by atoms with Gasteiger partial charge in [-0.1, -0.05) is 50.8 Å². The van der Waals surface area contributed by atoms with Crippen LogP contribution >= 0.6 is 0 Å². The lowest BCUT2D eigenvalue weighted by molar-refractivity contribution is -0.137. The van der Waals surface area contributed by atoms with Crippen LogP contribution in [0.1, 0.15) is 92.3 Å². The van der Waals surface area contributed by atoms with Crippen LogP contribution in [-0.4, -0.2) is 71.6 Å². The van der Waals surface area contributed by atoms with E-state index < -0.39 is 17.5 Å². The number of fused-ring (bicyclic) bond motifs is 1. The van der Waals surface area contributed by atoms with Gasteiger partial charge in [0.05, 0.1) is 13.7 Å². The van der Waals surface area contributed by atoms with Crippen molar-refractivity contribution in [2.24, 2.45) is 23.7 Å². The van der Waals surface area contributed by atoms with Crippen LogP contribution in [0.3, 0.4) is 0 Å². The monoisotopic (exact) mass is 666 g/mol. The van der Waals surface area contributed by atoms with Gasteiger partial charge in [0.1, 0.15) is 11.5 Å². The number of rotatable bonds is 6. The molecule has 2 aromatic rings. The first-order valence-electron chi connectivity index (χ1n) is 17.5. The molecule has 10 nitrogen and oxygen atoms in total. The molecule has 10 heteroatoms. The van der Waals surface area contributed by atoms with Gasteiger partial charge >= 0.3 is 6.03 Å². The number of likely N-dealkylation sites (tertiary alicyclic amines) is 1. The predicted molar refractivity (Wildman–Crippen MR) is 183 cm³/mol. The Kier molecular flexibility index (Phi) is 9.82. The zero-order valence-corrected chi connectivity index (χ0v) is 28.8. The number of nitrogens with one attached hydrogen (secondary N) is 2. The molecule has 1 aliphatic carbocycles. The van der Waals surface area contributed by atoms with E-state index in [1.165, 1.54) is 12.0 Å². The maximum absolute atomic E-state index is 13.9. The Morgan fingerprint density at radius 2 is 1.82 bits per heavy atom. The van der Waals surface area contributed by atoms with Crippen LogP contribution in [0.2, 0.25) is 0 Å². The topological polar surface area (TPSA) is 125 Å². The van der Waals surface area contributed by atoms with Gasteiger partial charge in [0.25, 0.3) is 11.8 Å². The third kappa shape index (κ3) is 7.08. The van der Waals surface area contributed by atoms with Crippen LogP contribution in [0, 0.1) is 35.5 Å². The third-order valence-electron chi connectivity index (χ3n) is 11.1. The van der Waals surface area contributed by atoms with E-state index in [4.69, 9.17) is 4.74 Å². The van der Waals surface area contributed by atoms with E-state index in [9.17, 15) is 24.0 Å². The minimum absolute atomic E-state index is 0.0113. The summed E-state index contributed by atoms with van der Waals surface area (Å²) in [5, 5.41) is 4.93. The molecule has 3 aliphatic heterocycles. The number of nitrogens with zero attached hydrogens (tertiary/aromatic N) is 2. The van der Waals surface area contributed by atoms with E-state index in [1.54, 1.807) is 12.1 Å². The lowest BCUT2D eigenvalue weighted by Crippen LogP contribution is -2.54. The highest BCUT2D eigenvalue weighted by Gasteiger charge is 2.48. The molecule has 3 fully saturated rings. The standard InChI is InChI=1S/C39H46N4O6/c1-24(2)27-6-5-18-42(19-16-27)35(45)32-14-12-30(44)20-33(25(32)3)28-9-7-26(8-10-28)15-17-39(37(47)40-38(48)41-39)23-43-22-29-11-13-31(49-4)21-34(29)36(43)46/h7-11,13,21,24-25,27,32-33H,5-6,12,14,16,18-20,22-23H2,1-4H3,(H2,40,41,47,48). The highest BCUT2D eigenvalue weighted by Crippen LogP contribution is 2.40. The molecule has 49 heavy (non-hydrogen) atoms. The van der Waals surface area contributed by atoms with Gasteiger partial charge in [0.2, 0.25) is 11.4 Å². The van der Waals surface area contributed by atoms with Crippen molar-refractivity contribution in [3.8, 4) is 17.6 Å². The second kappa shape index (κ2) is 14.1. The van der Waals surface area contributed by atoms with Gasteiger partial charge in [-0.25, -0.2) is 4.79 Å². The van der Waals surface area contributed by atoms with Gasteiger partial charge in [0.15, 0.2) is 0 Å². The molecule has 258 valence electrons. The molecule has 1 saturated carbocycles. The number of carbonyl (C=O) groups is 5. The molecule has 2 N–H and O–H groups in total. The molecule has 2 aromatic carbocycles. The second-order valence-corrected chi connectivity index (χ2v) is 14.5. The number of ketones is 1. The summed E-state index contributed by atoms with van der Waals surface area (Å²) in [5.41, 5.74) is 1.25. The normalized spacial score (nSPS) is 27.1. The van der Waals surface area contributed by atoms with Crippen molar-refractivity contribution in [2.45, 2.75) is 77.3 Å². The van der Waals surface area contributed by atoms with Gasteiger partial charge in [-0.3, -0.25) is 24.5 Å². The van der Waals surface area contributed by atoms with E-state index in [0.29, 0.717) is 48.0 Å². The summed E-state index contributed by atoms with van der Waals surface area (Å²) >= 11 is 0. The van der Waals surface area contributed by atoms with Crippen LogP contribution in [0.5, 0.6) is 5.75 Å². The number of imide groups is 1. The number of hydrogen-bond donors (Lipinski definition) is 2. The molecule has 5 atom stereocenters. The average Bonchev–Trinajstić information content (AvgIpc) is 3.33. The van der Waals surface area contributed by atoms with Crippen molar-refractivity contribution in [3.63, 3.8) is 0 Å². The predicted octanol–water partition coefficient (Wildman–Crippen LogP) is 4.65. The lowest BCUT2D eigenvalue weighted by Gasteiger charge is -2.32. The summed E-state index contributed by atoms with van der Waals surface area (Å²) < 4.78 is 5.27. The molecule has 0 spiro atoms. The number of carbonyl (C=O) groups excluding carboxylic acids is 5. The van der Waals surface area contributed by atoms with Crippen molar-refractivity contribution in [2.75, 3.05) is 26.7 Å². The smallest absolute Gasteiger partial charge is 0.323 e. The molecular formula is C39H46N4O6. The first-order valence-corrected chi connectivity index (χ1v) is 17.5. The number of Topliss-reactive ketones (excluding diaryl/α,β-unsaturated/α-hetero) is 1. The molecule has 5 unspecified atom stereocenters. The Labute approximate surface area is 288 Å². The van der Waals surface area contributed by atoms with Crippen LogP contribution in [0.25, 0.3) is 0 Å². The number of amides is 5. The first-order chi connectivity index (χ1) is 23.5. The Balaban J connectivity index is 1.18. The van der Waals surface area contributed by atoms with Gasteiger partial charge in [-0.15, -0.1) is 0 Å². The quantitative estimate of drug-likeness (QED) is 0.263. The minimum Gasteiger partial charge on any atom is -0.497 e. The largest absolute Gasteiger partial charge is 0.497 e. The summed E-state index contributed by atoms with van der Waals surface area (Å²) in [7, 11) is 1.53. The highest BCUT2D eigenvalue weighted by molar-refractivity contribution is 6.10. The fourth-order valence-electron chi connectivity index (χ4n) is 8.01. The minimum atomic E-state index is -1.63. The van der Waals surface area contributed by atoms with E-state index in [-0.39, 0.29) is 48.4 Å². The maximum Gasteiger partial charge on any atom is 0.323 e. The third-order valence-corrected chi connectivity index (χ3v) is 11.1. The van der Waals surface area contributed by atoms with E-state index in [2.05, 4.69) is 43.2 Å². The molecule has 0 radical (unpaired) electrons. The van der Waals surface area contributed by atoms with E-state index in [1.807, 2.05) is 35.2 Å². The summed E-state index contributed by atoms with van der Waals surface area (Å²) in [6.07, 6.45) is 4.58. The second-order valence-electron chi connectivity index (χ2n) is 14.5. The summed E-state index contributed by atoms with van der Waals surface area (Å²) in [5.74, 6) is 6.96. The number of ether oxygens (including phenoxy) is 1. The molecule has 4 aliphatic rings. The van der Waals surface area contributed by atoms with Gasteiger partial charge in [-0.05, 0) is 84.7 Å². The maximum atomic E-state index is 13.9. The Bertz CT molecular complexity index is 1710. The number of hydrogen-bond acceptors (Lipinski definition) is 6. The Morgan fingerprint density at radius 3 is 2.51 bits per heavy atom. The van der Waals surface area contributed by atoms with Crippen LogP contribution < -0.4 is 15.4 Å². The van der Waals surface area contributed by atoms with Crippen LogP contribution in [0.4, 0.5) is 4.79 Å². The Hall–Kier alpha value is -4.65. The number of methoxy groups -OCH3 is 1. The van der Waals surface area contributed by atoms with Crippen molar-refractivity contribution in [1.29, 1.82) is 0 Å². The summed E-state index contributed by atoms with van der Waals surface area (Å²) in [4.78, 5) is 69.1. The van der Waals surface area contributed by atoms with E-state index >= 15 is 0 Å². The molecule has 6 rings (SSSR count). The zero-order valence-electron chi connectivity index (χ0n) is 28.8. The molecule has 5 amide bonds. The molecule has 2 saturated heterocycles. The molecule has 0 aromatic heterocycles. The van der Waals surface area contributed by atoms with Gasteiger partial charge < -0.3 is 19.9 Å². The van der Waals surface area contributed by atoms with Crippen molar-refractivity contribution in [1.82, 2.24) is 20.4 Å². The fourth-order valence-corrected chi connectivity index (χ4v) is 8.01. The lowest BCUT2D eigenvalue weighted by atomic mass is 9.77. The zero-order chi connectivity index (χ0) is 34.9. The van der Waals surface area contributed by atoms with Crippen LogP contribution in [0.15, 0.2) is 42.5 Å². The first kappa shape index (κ1) is 34.2. The van der Waals surface area contributed by atoms with E-state index in [0.717, 1.165) is 43.5 Å². The highest BCUT2D eigenvalue weighted by atomic mass is 16.5. The average molecular weight is 667 g/mol. The fraction of sp³-hybridized carbons (Fsp3) is 0.513. The summed E-state index contributed by atoms with van der Waals surface area (Å²) in [6, 6.07) is 12.2. The van der Waals surface area contributed by atoms with Crippen LogP contribution in [-0.2, 0) is 20.9 Å². The van der Waals surface area contributed by atoms with Gasteiger partial charge in [-0.2, -0.15) is 0 Å². The Morgan fingerprint density at radius 1 is 1.04 bits per heavy atom. The SMILES string of the molecule is COc1ccc2c(c1)C(=O)N(CC1(C#Cc3ccc(C4CC(=O)CCC(C(=O)N5CCCC(C(C)C)CC5)C4C)cc3)NC(=O)NC1=O)C2. The molecule has 0 bridgehead atoms.